The average Bonchev–Trinajstić information content (AvgIpc) is 2.44. The highest BCUT2D eigenvalue weighted by Gasteiger charge is 2.20. The van der Waals surface area contributed by atoms with Crippen molar-refractivity contribution in [1.29, 1.82) is 0 Å². The molecule has 1 aromatic heterocycles. The highest BCUT2D eigenvalue weighted by Crippen LogP contribution is 2.19. The number of nitrogens with one attached hydrogen (secondary N) is 1. The third kappa shape index (κ3) is 3.80. The van der Waals surface area contributed by atoms with E-state index in [0.29, 0.717) is 6.10 Å². The Labute approximate surface area is 115 Å². The summed E-state index contributed by atoms with van der Waals surface area (Å²) in [5.41, 5.74) is 0. The highest BCUT2D eigenvalue weighted by atomic mass is 16.5. The average molecular weight is 264 g/mol. The maximum Gasteiger partial charge on any atom is 0.134 e. The number of nitrogens with zero attached hydrogens (tertiary/aromatic N) is 3. The number of morpholine rings is 1. The first-order chi connectivity index (χ1) is 9.22. The molecular formula is C14H24N4O. The van der Waals surface area contributed by atoms with E-state index in [1.807, 2.05) is 13.0 Å². The number of hydrogen-bond donors (Lipinski definition) is 1. The van der Waals surface area contributed by atoms with Crippen LogP contribution >= 0.6 is 0 Å². The van der Waals surface area contributed by atoms with Crippen molar-refractivity contribution in [2.24, 2.45) is 0 Å². The first-order valence-corrected chi connectivity index (χ1v) is 7.19. The third-order valence-electron chi connectivity index (χ3n) is 3.30. The van der Waals surface area contributed by atoms with Crippen LogP contribution in [0.3, 0.4) is 0 Å². The van der Waals surface area contributed by atoms with Crippen molar-refractivity contribution in [2.75, 3.05) is 36.5 Å². The van der Waals surface area contributed by atoms with Gasteiger partial charge in [-0.3, -0.25) is 0 Å². The molecule has 0 spiro atoms. The molecule has 5 heteroatoms. The van der Waals surface area contributed by atoms with Crippen LogP contribution < -0.4 is 10.2 Å². The lowest BCUT2D eigenvalue weighted by Gasteiger charge is -2.33. The Bertz CT molecular complexity index is 410. The Morgan fingerprint density at radius 2 is 2.26 bits per heavy atom. The van der Waals surface area contributed by atoms with Crippen molar-refractivity contribution >= 4 is 11.6 Å². The van der Waals surface area contributed by atoms with Crippen LogP contribution in [0.1, 0.15) is 32.5 Å². The molecule has 1 N–H and O–H groups in total. The van der Waals surface area contributed by atoms with E-state index in [2.05, 4.69) is 34.0 Å². The fraction of sp³-hybridized carbons (Fsp3) is 0.714. The molecule has 2 rings (SSSR count). The summed E-state index contributed by atoms with van der Waals surface area (Å²) < 4.78 is 5.70. The van der Waals surface area contributed by atoms with Crippen LogP contribution in [0.5, 0.6) is 0 Å². The van der Waals surface area contributed by atoms with Gasteiger partial charge in [-0.1, -0.05) is 13.8 Å². The second kappa shape index (κ2) is 6.70. The standard InChI is InChI=1S/C14H24N4O/c1-4-6-15-13-9-14(17-11(3)16-13)18-7-8-19-12(5-2)10-18/h9,12H,4-8,10H2,1-3H3,(H,15,16,17). The first-order valence-electron chi connectivity index (χ1n) is 7.19. The van der Waals surface area contributed by atoms with Crippen molar-refractivity contribution in [3.63, 3.8) is 0 Å². The summed E-state index contributed by atoms with van der Waals surface area (Å²) in [5.74, 6) is 2.74. The van der Waals surface area contributed by atoms with Gasteiger partial charge in [-0.15, -0.1) is 0 Å². The van der Waals surface area contributed by atoms with E-state index in [0.717, 1.165) is 56.5 Å². The van der Waals surface area contributed by atoms with Gasteiger partial charge in [0.1, 0.15) is 17.5 Å². The van der Waals surface area contributed by atoms with Gasteiger partial charge in [-0.2, -0.15) is 0 Å². The second-order valence-electron chi connectivity index (χ2n) is 4.93. The minimum Gasteiger partial charge on any atom is -0.375 e. The molecule has 0 aromatic carbocycles. The van der Waals surface area contributed by atoms with E-state index in [-0.39, 0.29) is 0 Å². The molecule has 1 aliphatic heterocycles. The number of anilines is 2. The summed E-state index contributed by atoms with van der Waals surface area (Å²) in [7, 11) is 0. The van der Waals surface area contributed by atoms with Crippen LogP contribution in [0, 0.1) is 6.92 Å². The van der Waals surface area contributed by atoms with Crippen LogP contribution in [-0.2, 0) is 4.74 Å². The summed E-state index contributed by atoms with van der Waals surface area (Å²) in [6, 6.07) is 2.04. The van der Waals surface area contributed by atoms with Gasteiger partial charge in [0.25, 0.3) is 0 Å². The number of aryl methyl sites for hydroxylation is 1. The van der Waals surface area contributed by atoms with E-state index >= 15 is 0 Å². The number of ether oxygens (including phenoxy) is 1. The molecule has 0 amide bonds. The molecule has 1 aromatic rings. The number of hydrogen-bond acceptors (Lipinski definition) is 5. The van der Waals surface area contributed by atoms with Gasteiger partial charge < -0.3 is 15.0 Å². The third-order valence-corrected chi connectivity index (χ3v) is 3.30. The Balaban J connectivity index is 2.11. The fourth-order valence-electron chi connectivity index (χ4n) is 2.23. The zero-order chi connectivity index (χ0) is 13.7. The van der Waals surface area contributed by atoms with Gasteiger partial charge in [-0.05, 0) is 19.8 Å². The SMILES string of the molecule is CCCNc1cc(N2CCOC(CC)C2)nc(C)n1. The van der Waals surface area contributed by atoms with Crippen molar-refractivity contribution in [1.82, 2.24) is 9.97 Å². The van der Waals surface area contributed by atoms with Crippen molar-refractivity contribution in [3.05, 3.63) is 11.9 Å². The van der Waals surface area contributed by atoms with Crippen LogP contribution in [0.15, 0.2) is 6.07 Å². The fourth-order valence-corrected chi connectivity index (χ4v) is 2.23. The molecule has 0 saturated carbocycles. The molecule has 5 nitrogen and oxygen atoms in total. The van der Waals surface area contributed by atoms with E-state index in [4.69, 9.17) is 4.74 Å². The summed E-state index contributed by atoms with van der Waals surface area (Å²) in [6.07, 6.45) is 2.45. The van der Waals surface area contributed by atoms with Gasteiger partial charge >= 0.3 is 0 Å². The van der Waals surface area contributed by atoms with Gasteiger partial charge in [0.2, 0.25) is 0 Å². The Kier molecular flexibility index (Phi) is 4.96. The van der Waals surface area contributed by atoms with Crippen LogP contribution in [-0.4, -0.2) is 42.3 Å². The summed E-state index contributed by atoms with van der Waals surface area (Å²) in [6.45, 7) is 9.79. The van der Waals surface area contributed by atoms with E-state index in [9.17, 15) is 0 Å². The minimum absolute atomic E-state index is 0.316. The molecule has 1 fully saturated rings. The van der Waals surface area contributed by atoms with Crippen molar-refractivity contribution in [2.45, 2.75) is 39.7 Å². The van der Waals surface area contributed by atoms with Crippen molar-refractivity contribution in [3.8, 4) is 0 Å². The highest BCUT2D eigenvalue weighted by molar-refractivity contribution is 5.49. The van der Waals surface area contributed by atoms with E-state index < -0.39 is 0 Å². The molecule has 0 bridgehead atoms. The maximum atomic E-state index is 5.70. The molecule has 1 atom stereocenters. The van der Waals surface area contributed by atoms with Gasteiger partial charge in [0.15, 0.2) is 0 Å². The molecular weight excluding hydrogens is 240 g/mol. The maximum absolute atomic E-state index is 5.70. The normalized spacial score (nSPS) is 19.5. The van der Waals surface area contributed by atoms with Crippen molar-refractivity contribution < 1.29 is 4.74 Å². The van der Waals surface area contributed by atoms with Gasteiger partial charge in [-0.25, -0.2) is 9.97 Å². The number of aromatic nitrogens is 2. The lowest BCUT2D eigenvalue weighted by atomic mass is 10.2. The quantitative estimate of drug-likeness (QED) is 0.883. The predicted molar refractivity (Wildman–Crippen MR) is 77.8 cm³/mol. The second-order valence-corrected chi connectivity index (χ2v) is 4.93. The largest absolute Gasteiger partial charge is 0.375 e. The monoisotopic (exact) mass is 264 g/mol. The van der Waals surface area contributed by atoms with Gasteiger partial charge in [0.05, 0.1) is 12.7 Å². The topological polar surface area (TPSA) is 50.3 Å². The number of rotatable bonds is 5. The molecule has 0 aliphatic carbocycles. The lowest BCUT2D eigenvalue weighted by Crippen LogP contribution is -2.42. The van der Waals surface area contributed by atoms with Crippen LogP contribution in [0.2, 0.25) is 0 Å². The van der Waals surface area contributed by atoms with E-state index in [1.165, 1.54) is 0 Å². The minimum atomic E-state index is 0.316. The molecule has 1 aliphatic rings. The summed E-state index contributed by atoms with van der Waals surface area (Å²) in [5, 5.41) is 3.33. The Morgan fingerprint density at radius 3 is 3.00 bits per heavy atom. The predicted octanol–water partition coefficient (Wildman–Crippen LogP) is 2.22. The molecule has 106 valence electrons. The smallest absolute Gasteiger partial charge is 0.134 e. The van der Waals surface area contributed by atoms with Crippen LogP contribution in [0.25, 0.3) is 0 Å². The van der Waals surface area contributed by atoms with Crippen LogP contribution in [0.4, 0.5) is 11.6 Å². The molecule has 0 radical (unpaired) electrons. The summed E-state index contributed by atoms with van der Waals surface area (Å²) >= 11 is 0. The molecule has 1 saturated heterocycles. The van der Waals surface area contributed by atoms with E-state index in [1.54, 1.807) is 0 Å². The lowest BCUT2D eigenvalue weighted by molar-refractivity contribution is 0.0381. The first kappa shape index (κ1) is 14.1. The summed E-state index contributed by atoms with van der Waals surface area (Å²) in [4.78, 5) is 11.3. The Morgan fingerprint density at radius 1 is 1.42 bits per heavy atom. The zero-order valence-electron chi connectivity index (χ0n) is 12.1. The van der Waals surface area contributed by atoms with Gasteiger partial charge in [0, 0.05) is 25.7 Å². The molecule has 1 unspecified atom stereocenters. The molecule has 2 heterocycles. The zero-order valence-corrected chi connectivity index (χ0v) is 12.1. The molecule has 19 heavy (non-hydrogen) atoms. The Hall–Kier alpha value is -1.36.